The van der Waals surface area contributed by atoms with Gasteiger partial charge in [0.2, 0.25) is 0 Å². The summed E-state index contributed by atoms with van der Waals surface area (Å²) < 4.78 is 6.70. The molecule has 2 aromatic heterocycles. The van der Waals surface area contributed by atoms with Gasteiger partial charge < -0.3 is 9.32 Å². The van der Waals surface area contributed by atoms with Crippen LogP contribution in [0.5, 0.6) is 0 Å². The molecule has 0 radical (unpaired) electrons. The molecule has 5 nitrogen and oxygen atoms in total. The average Bonchev–Trinajstić information content (AvgIpc) is 3.65. The summed E-state index contributed by atoms with van der Waals surface area (Å²) in [5.74, 6) is 1.81. The maximum absolute atomic E-state index is 6.70. The van der Waals surface area contributed by atoms with E-state index in [2.05, 4.69) is 108 Å². The minimum Gasteiger partial charge on any atom is -0.455 e. The molecule has 0 saturated carbocycles. The van der Waals surface area contributed by atoms with Gasteiger partial charge in [-0.15, -0.1) is 0 Å². The zero-order valence-corrected chi connectivity index (χ0v) is 29.2. The van der Waals surface area contributed by atoms with Crippen molar-refractivity contribution in [3.63, 3.8) is 0 Å². The second-order valence-corrected chi connectivity index (χ2v) is 13.3. The molecule has 0 atom stereocenters. The van der Waals surface area contributed by atoms with Crippen molar-refractivity contribution < 1.29 is 4.42 Å². The highest BCUT2D eigenvalue weighted by atomic mass is 16.3. The van der Waals surface area contributed by atoms with E-state index in [1.807, 2.05) is 91.0 Å². The Balaban J connectivity index is 1.20. The number of anilines is 3. The van der Waals surface area contributed by atoms with Crippen LogP contribution in [0.25, 0.3) is 78.0 Å². The van der Waals surface area contributed by atoms with E-state index in [1.54, 1.807) is 0 Å². The van der Waals surface area contributed by atoms with Crippen LogP contribution in [0, 0.1) is 0 Å². The monoisotopic (exact) mass is 692 g/mol. The number of furan rings is 1. The first-order valence-corrected chi connectivity index (χ1v) is 18.0. The largest absolute Gasteiger partial charge is 0.455 e. The van der Waals surface area contributed by atoms with Crippen LogP contribution >= 0.6 is 0 Å². The minimum absolute atomic E-state index is 0.586. The lowest BCUT2D eigenvalue weighted by molar-refractivity contribution is 0.672. The molecular weight excluding hydrogens is 661 g/mol. The van der Waals surface area contributed by atoms with Crippen molar-refractivity contribution in [2.75, 3.05) is 4.90 Å². The van der Waals surface area contributed by atoms with E-state index in [1.165, 1.54) is 11.1 Å². The summed E-state index contributed by atoms with van der Waals surface area (Å²) in [5, 5.41) is 4.02. The highest BCUT2D eigenvalue weighted by Gasteiger charge is 2.21. The topological polar surface area (TPSA) is 55.1 Å². The second kappa shape index (κ2) is 13.3. The number of hydrogen-bond donors (Lipinski definition) is 0. The summed E-state index contributed by atoms with van der Waals surface area (Å²) in [5.41, 5.74) is 9.85. The van der Waals surface area contributed by atoms with Gasteiger partial charge in [-0.1, -0.05) is 140 Å². The predicted molar refractivity (Wildman–Crippen MR) is 221 cm³/mol. The Hall–Kier alpha value is -7.37. The van der Waals surface area contributed by atoms with Crippen LogP contribution in [-0.2, 0) is 0 Å². The number of rotatable bonds is 7. The molecule has 0 saturated heterocycles. The lowest BCUT2D eigenvalue weighted by Crippen LogP contribution is -2.09. The number of fused-ring (bicyclic) bond motifs is 5. The van der Waals surface area contributed by atoms with Crippen LogP contribution < -0.4 is 4.90 Å². The SMILES string of the molecule is c1ccc(-c2ccc(N(c3ccccc3)c3ccc4c(c3)cc(-c3nc(-c5ccccc5)nc(-c5ccccc5)n3)c3c5ccccc5oc43)cc2)cc1. The van der Waals surface area contributed by atoms with E-state index in [4.69, 9.17) is 19.4 Å². The van der Waals surface area contributed by atoms with E-state index in [-0.39, 0.29) is 0 Å². The first-order valence-electron chi connectivity index (χ1n) is 18.0. The molecule has 0 aliphatic carbocycles. The fraction of sp³-hybridized carbons (Fsp3) is 0. The van der Waals surface area contributed by atoms with Crippen LogP contribution in [0.4, 0.5) is 17.1 Å². The Morgan fingerprint density at radius 3 is 1.52 bits per heavy atom. The fourth-order valence-corrected chi connectivity index (χ4v) is 7.31. The molecule has 254 valence electrons. The first-order chi connectivity index (χ1) is 26.8. The molecule has 10 aromatic rings. The van der Waals surface area contributed by atoms with Gasteiger partial charge in [0.25, 0.3) is 0 Å². The Morgan fingerprint density at radius 1 is 0.370 bits per heavy atom. The van der Waals surface area contributed by atoms with Crippen molar-refractivity contribution in [1.82, 2.24) is 15.0 Å². The van der Waals surface area contributed by atoms with Crippen molar-refractivity contribution in [2.24, 2.45) is 0 Å². The molecule has 54 heavy (non-hydrogen) atoms. The number of aromatic nitrogens is 3. The summed E-state index contributed by atoms with van der Waals surface area (Å²) in [6, 6.07) is 66.9. The van der Waals surface area contributed by atoms with Gasteiger partial charge in [0.05, 0.1) is 0 Å². The third kappa shape index (κ3) is 5.65. The number of benzene rings is 8. The smallest absolute Gasteiger partial charge is 0.164 e. The molecule has 0 spiro atoms. The lowest BCUT2D eigenvalue weighted by Gasteiger charge is -2.26. The molecule has 0 unspecified atom stereocenters. The first kappa shape index (κ1) is 31.4. The number of para-hydroxylation sites is 2. The van der Waals surface area contributed by atoms with Gasteiger partial charge in [0.1, 0.15) is 11.2 Å². The Labute approximate surface area is 312 Å². The van der Waals surface area contributed by atoms with Gasteiger partial charge in [-0.2, -0.15) is 0 Å². The van der Waals surface area contributed by atoms with E-state index >= 15 is 0 Å². The third-order valence-corrected chi connectivity index (χ3v) is 9.89. The zero-order valence-electron chi connectivity index (χ0n) is 29.2. The van der Waals surface area contributed by atoms with Gasteiger partial charge >= 0.3 is 0 Å². The summed E-state index contributed by atoms with van der Waals surface area (Å²) in [6.45, 7) is 0. The summed E-state index contributed by atoms with van der Waals surface area (Å²) in [7, 11) is 0. The fourth-order valence-electron chi connectivity index (χ4n) is 7.31. The Kier molecular flexibility index (Phi) is 7.73. The number of hydrogen-bond acceptors (Lipinski definition) is 5. The zero-order chi connectivity index (χ0) is 35.8. The highest BCUT2D eigenvalue weighted by Crippen LogP contribution is 2.43. The maximum atomic E-state index is 6.70. The quantitative estimate of drug-likeness (QED) is 0.166. The van der Waals surface area contributed by atoms with Crippen LogP contribution in [0.15, 0.2) is 199 Å². The molecule has 0 N–H and O–H groups in total. The molecule has 10 rings (SSSR count). The van der Waals surface area contributed by atoms with Gasteiger partial charge in [-0.05, 0) is 71.1 Å². The average molecular weight is 693 g/mol. The van der Waals surface area contributed by atoms with Crippen molar-refractivity contribution in [3.8, 4) is 45.3 Å². The van der Waals surface area contributed by atoms with Gasteiger partial charge in [-0.25, -0.2) is 15.0 Å². The molecular formula is C49H32N4O. The summed E-state index contributed by atoms with van der Waals surface area (Å²) >= 11 is 0. The third-order valence-electron chi connectivity index (χ3n) is 9.89. The molecule has 0 amide bonds. The van der Waals surface area contributed by atoms with E-state index < -0.39 is 0 Å². The maximum Gasteiger partial charge on any atom is 0.164 e. The lowest BCUT2D eigenvalue weighted by atomic mass is 9.98. The Bertz CT molecular complexity index is 2850. The van der Waals surface area contributed by atoms with Crippen molar-refractivity contribution in [3.05, 3.63) is 194 Å². The molecule has 0 aliphatic rings. The van der Waals surface area contributed by atoms with Crippen LogP contribution in [0.1, 0.15) is 0 Å². The molecule has 5 heteroatoms. The van der Waals surface area contributed by atoms with Gasteiger partial charge in [0.15, 0.2) is 17.5 Å². The van der Waals surface area contributed by atoms with Crippen LogP contribution in [-0.4, -0.2) is 15.0 Å². The summed E-state index contributed by atoms with van der Waals surface area (Å²) in [4.78, 5) is 17.6. The minimum atomic E-state index is 0.586. The molecule has 0 fully saturated rings. The van der Waals surface area contributed by atoms with Crippen molar-refractivity contribution >= 4 is 49.8 Å². The van der Waals surface area contributed by atoms with E-state index in [0.717, 1.165) is 66.5 Å². The summed E-state index contributed by atoms with van der Waals surface area (Å²) in [6.07, 6.45) is 0. The van der Waals surface area contributed by atoms with E-state index in [0.29, 0.717) is 17.5 Å². The molecule has 2 heterocycles. The normalized spacial score (nSPS) is 11.3. The van der Waals surface area contributed by atoms with E-state index in [9.17, 15) is 0 Å². The predicted octanol–water partition coefficient (Wildman–Crippen LogP) is 13.1. The molecule has 0 bridgehead atoms. The second-order valence-electron chi connectivity index (χ2n) is 13.3. The van der Waals surface area contributed by atoms with Crippen LogP contribution in [0.2, 0.25) is 0 Å². The van der Waals surface area contributed by atoms with Crippen molar-refractivity contribution in [2.45, 2.75) is 0 Å². The van der Waals surface area contributed by atoms with Crippen molar-refractivity contribution in [1.29, 1.82) is 0 Å². The number of nitrogens with zero attached hydrogens (tertiary/aromatic N) is 4. The molecule has 8 aromatic carbocycles. The highest BCUT2D eigenvalue weighted by molar-refractivity contribution is 6.21. The van der Waals surface area contributed by atoms with Gasteiger partial charge in [0, 0.05) is 49.9 Å². The standard InChI is InChI=1S/C49H32N4O/c1-5-15-33(16-6-1)34-25-27-39(28-26-34)53(38-21-11-4-12-22-38)40-29-30-41-37(31-40)32-43(45-42-23-13-14-24-44(42)54-46(41)45)49-51-47(35-17-7-2-8-18-35)50-48(52-49)36-19-9-3-10-20-36/h1-32H. The van der Waals surface area contributed by atoms with Crippen LogP contribution in [0.3, 0.4) is 0 Å². The molecule has 0 aliphatic heterocycles. The van der Waals surface area contributed by atoms with Gasteiger partial charge in [-0.3, -0.25) is 0 Å². The Morgan fingerprint density at radius 2 is 0.870 bits per heavy atom.